The molecule has 1 saturated heterocycles. The zero-order chi connectivity index (χ0) is 18.4. The van der Waals surface area contributed by atoms with E-state index in [9.17, 15) is 9.59 Å². The Kier molecular flexibility index (Phi) is 5.96. The van der Waals surface area contributed by atoms with Crippen LogP contribution in [0.25, 0.3) is 11.1 Å². The maximum Gasteiger partial charge on any atom is 0.270 e. The van der Waals surface area contributed by atoms with Gasteiger partial charge in [0, 0.05) is 38.4 Å². The van der Waals surface area contributed by atoms with Crippen LogP contribution >= 0.6 is 0 Å². The van der Waals surface area contributed by atoms with E-state index < -0.39 is 0 Å². The number of benzene rings is 1. The highest BCUT2D eigenvalue weighted by Gasteiger charge is 2.19. The Morgan fingerprint density at radius 2 is 2.12 bits per heavy atom. The molecule has 0 saturated carbocycles. The van der Waals surface area contributed by atoms with Crippen molar-refractivity contribution in [2.24, 2.45) is 0 Å². The van der Waals surface area contributed by atoms with Gasteiger partial charge in [0.25, 0.3) is 5.91 Å². The number of nitrogens with one attached hydrogen (secondary N) is 2. The van der Waals surface area contributed by atoms with Gasteiger partial charge < -0.3 is 15.4 Å². The van der Waals surface area contributed by atoms with E-state index in [1.54, 1.807) is 6.20 Å². The van der Waals surface area contributed by atoms with Gasteiger partial charge in [0.1, 0.15) is 5.69 Å². The van der Waals surface area contributed by atoms with E-state index in [1.807, 2.05) is 36.4 Å². The Morgan fingerprint density at radius 1 is 1.23 bits per heavy atom. The van der Waals surface area contributed by atoms with Crippen LogP contribution in [0.4, 0.5) is 0 Å². The molecule has 2 amide bonds. The van der Waals surface area contributed by atoms with Gasteiger partial charge >= 0.3 is 0 Å². The van der Waals surface area contributed by atoms with Crippen molar-refractivity contribution in [3.05, 3.63) is 53.9 Å². The number of rotatable bonds is 6. The number of carbonyl (C=O) groups excluding carboxylic acids is 2. The molecule has 26 heavy (non-hydrogen) atoms. The molecule has 0 unspecified atom stereocenters. The van der Waals surface area contributed by atoms with Crippen LogP contribution in [0, 0.1) is 0 Å². The fourth-order valence-corrected chi connectivity index (χ4v) is 2.99. The van der Waals surface area contributed by atoms with Crippen LogP contribution in [-0.2, 0) is 16.1 Å². The minimum absolute atomic E-state index is 0.0778. The van der Waals surface area contributed by atoms with Crippen LogP contribution in [0.15, 0.2) is 42.6 Å². The zero-order valence-electron chi connectivity index (χ0n) is 14.8. The van der Waals surface area contributed by atoms with Gasteiger partial charge in [0.05, 0.1) is 6.10 Å². The van der Waals surface area contributed by atoms with Gasteiger partial charge in [0.15, 0.2) is 0 Å². The third kappa shape index (κ3) is 4.67. The Hall–Kier alpha value is -2.73. The SMILES string of the molecule is CC(=O)NCc1cccc(-c2cccnc2C(=O)NC[C@H]2CCCO2)c1. The predicted octanol–water partition coefficient (Wildman–Crippen LogP) is 2.29. The molecule has 1 aliphatic rings. The van der Waals surface area contributed by atoms with Gasteiger partial charge in [-0.3, -0.25) is 14.6 Å². The van der Waals surface area contributed by atoms with Crippen LogP contribution in [0.2, 0.25) is 0 Å². The standard InChI is InChI=1S/C20H23N3O3/c1-14(24)22-12-15-5-2-6-16(11-15)18-8-3-9-21-19(18)20(25)23-13-17-7-4-10-26-17/h2-3,5-6,8-9,11,17H,4,7,10,12-13H2,1H3,(H,22,24)(H,23,25)/t17-/m1/s1. The summed E-state index contributed by atoms with van der Waals surface area (Å²) >= 11 is 0. The van der Waals surface area contributed by atoms with E-state index in [2.05, 4.69) is 15.6 Å². The second-order valence-electron chi connectivity index (χ2n) is 6.35. The Morgan fingerprint density at radius 3 is 2.88 bits per heavy atom. The van der Waals surface area contributed by atoms with Gasteiger partial charge in [0.2, 0.25) is 5.91 Å². The van der Waals surface area contributed by atoms with E-state index in [4.69, 9.17) is 4.74 Å². The second-order valence-corrected chi connectivity index (χ2v) is 6.35. The molecule has 2 heterocycles. The summed E-state index contributed by atoms with van der Waals surface area (Å²) in [4.78, 5) is 28.0. The minimum atomic E-state index is -0.205. The minimum Gasteiger partial charge on any atom is -0.376 e. The first kappa shape index (κ1) is 18.1. The topological polar surface area (TPSA) is 80.3 Å². The number of carbonyl (C=O) groups is 2. The predicted molar refractivity (Wildman–Crippen MR) is 98.5 cm³/mol. The molecule has 136 valence electrons. The van der Waals surface area contributed by atoms with Crippen molar-refractivity contribution in [1.82, 2.24) is 15.6 Å². The molecule has 6 heteroatoms. The van der Waals surface area contributed by atoms with Crippen molar-refractivity contribution in [2.45, 2.75) is 32.4 Å². The summed E-state index contributed by atoms with van der Waals surface area (Å²) in [6.07, 6.45) is 3.72. The number of hydrogen-bond donors (Lipinski definition) is 2. The maximum atomic E-state index is 12.6. The highest BCUT2D eigenvalue weighted by molar-refractivity contribution is 5.99. The third-order valence-electron chi connectivity index (χ3n) is 4.32. The van der Waals surface area contributed by atoms with Crippen molar-refractivity contribution in [1.29, 1.82) is 0 Å². The second kappa shape index (κ2) is 8.58. The molecular formula is C20H23N3O3. The number of pyridine rings is 1. The zero-order valence-corrected chi connectivity index (χ0v) is 14.8. The Labute approximate surface area is 153 Å². The van der Waals surface area contributed by atoms with Crippen LogP contribution < -0.4 is 10.6 Å². The quantitative estimate of drug-likeness (QED) is 0.835. The molecule has 3 rings (SSSR count). The smallest absolute Gasteiger partial charge is 0.270 e. The average Bonchev–Trinajstić information content (AvgIpc) is 3.18. The van der Waals surface area contributed by atoms with Crippen LogP contribution in [0.3, 0.4) is 0 Å². The lowest BCUT2D eigenvalue weighted by Gasteiger charge is -2.13. The summed E-state index contributed by atoms with van der Waals surface area (Å²) in [6, 6.07) is 11.4. The molecule has 0 spiro atoms. The van der Waals surface area contributed by atoms with Gasteiger partial charge in [-0.1, -0.05) is 24.3 Å². The van der Waals surface area contributed by atoms with Gasteiger partial charge in [-0.2, -0.15) is 0 Å². The molecule has 1 fully saturated rings. The van der Waals surface area contributed by atoms with Crippen LogP contribution in [0.1, 0.15) is 35.8 Å². The molecule has 0 bridgehead atoms. The van der Waals surface area contributed by atoms with Crippen molar-refractivity contribution in [3.63, 3.8) is 0 Å². The average molecular weight is 353 g/mol. The Balaban J connectivity index is 1.76. The molecular weight excluding hydrogens is 330 g/mol. The molecule has 6 nitrogen and oxygen atoms in total. The van der Waals surface area contributed by atoms with Crippen molar-refractivity contribution >= 4 is 11.8 Å². The lowest BCUT2D eigenvalue weighted by atomic mass is 10.0. The molecule has 1 atom stereocenters. The number of ether oxygens (including phenoxy) is 1. The monoisotopic (exact) mass is 353 g/mol. The summed E-state index contributed by atoms with van der Waals surface area (Å²) in [5.74, 6) is -0.283. The highest BCUT2D eigenvalue weighted by Crippen LogP contribution is 2.23. The highest BCUT2D eigenvalue weighted by atomic mass is 16.5. The van der Waals surface area contributed by atoms with Crippen molar-refractivity contribution < 1.29 is 14.3 Å². The molecule has 0 radical (unpaired) electrons. The van der Waals surface area contributed by atoms with E-state index in [1.165, 1.54) is 6.92 Å². The molecule has 0 aliphatic carbocycles. The van der Waals surface area contributed by atoms with E-state index in [0.717, 1.165) is 36.1 Å². The summed E-state index contributed by atoms with van der Waals surface area (Å²) in [6.45, 7) is 3.19. The van der Waals surface area contributed by atoms with Gasteiger partial charge in [-0.25, -0.2) is 0 Å². The molecule has 2 N–H and O–H groups in total. The normalized spacial score (nSPS) is 16.3. The summed E-state index contributed by atoms with van der Waals surface area (Å²) in [5.41, 5.74) is 3.01. The molecule has 1 aliphatic heterocycles. The maximum absolute atomic E-state index is 12.6. The van der Waals surface area contributed by atoms with E-state index in [-0.39, 0.29) is 17.9 Å². The van der Waals surface area contributed by atoms with Crippen molar-refractivity contribution in [2.75, 3.05) is 13.2 Å². The summed E-state index contributed by atoms with van der Waals surface area (Å²) in [5, 5.41) is 5.70. The molecule has 1 aromatic carbocycles. The fourth-order valence-electron chi connectivity index (χ4n) is 2.99. The first-order valence-electron chi connectivity index (χ1n) is 8.82. The third-order valence-corrected chi connectivity index (χ3v) is 4.32. The van der Waals surface area contributed by atoms with Crippen LogP contribution in [0.5, 0.6) is 0 Å². The van der Waals surface area contributed by atoms with E-state index >= 15 is 0 Å². The summed E-state index contributed by atoms with van der Waals surface area (Å²) < 4.78 is 5.55. The van der Waals surface area contributed by atoms with Gasteiger partial charge in [-0.05, 0) is 36.1 Å². The van der Waals surface area contributed by atoms with E-state index in [0.29, 0.717) is 18.8 Å². The van der Waals surface area contributed by atoms with Gasteiger partial charge in [-0.15, -0.1) is 0 Å². The van der Waals surface area contributed by atoms with Crippen LogP contribution in [-0.4, -0.2) is 36.1 Å². The number of nitrogens with zero attached hydrogens (tertiary/aromatic N) is 1. The number of aromatic nitrogens is 1. The fraction of sp³-hybridized carbons (Fsp3) is 0.350. The van der Waals surface area contributed by atoms with Crippen molar-refractivity contribution in [3.8, 4) is 11.1 Å². The first-order valence-corrected chi connectivity index (χ1v) is 8.82. The molecule has 1 aromatic heterocycles. The lowest BCUT2D eigenvalue weighted by molar-refractivity contribution is -0.119. The lowest BCUT2D eigenvalue weighted by Crippen LogP contribution is -2.32. The first-order chi connectivity index (χ1) is 12.6. The number of amides is 2. The molecule has 2 aromatic rings. The Bertz CT molecular complexity index is 785. The number of hydrogen-bond acceptors (Lipinski definition) is 4. The summed E-state index contributed by atoms with van der Waals surface area (Å²) in [7, 11) is 0. The largest absolute Gasteiger partial charge is 0.376 e.